The Morgan fingerprint density at radius 1 is 0.742 bits per heavy atom. The summed E-state index contributed by atoms with van der Waals surface area (Å²) in [5.74, 6) is 3.29. The van der Waals surface area contributed by atoms with Crippen LogP contribution in [0.15, 0.2) is 34.3 Å². The minimum atomic E-state index is 0. The number of allylic oxidation sites excluding steroid dienone is 4. The van der Waals surface area contributed by atoms with Gasteiger partial charge in [-0.3, -0.25) is 23.6 Å². The van der Waals surface area contributed by atoms with E-state index in [-0.39, 0.29) is 21.1 Å². The van der Waals surface area contributed by atoms with E-state index in [4.69, 9.17) is 9.59 Å². The van der Waals surface area contributed by atoms with E-state index in [1.807, 2.05) is 12.4 Å². The van der Waals surface area contributed by atoms with Gasteiger partial charge in [0, 0.05) is 24.5 Å². The van der Waals surface area contributed by atoms with Crippen LogP contribution in [0, 0.1) is 17.8 Å². The molecule has 171 valence electrons. The average molecular weight is 508 g/mol. The first-order chi connectivity index (χ1) is 14.8. The molecule has 0 aliphatic heterocycles. The molecule has 4 aliphatic carbocycles. The molecule has 0 amide bonds. The number of carbonyl (C=O) groups excluding carboxylic acids is 2. The zero-order chi connectivity index (χ0) is 22.0. The van der Waals surface area contributed by atoms with E-state index in [1.165, 1.54) is 77.0 Å². The Labute approximate surface area is 204 Å². The molecular weight excluding hydrogens is 468 g/mol. The van der Waals surface area contributed by atoms with Crippen molar-refractivity contribution in [1.82, 2.24) is 0 Å². The van der Waals surface area contributed by atoms with Crippen LogP contribution in [0.3, 0.4) is 0 Å². The van der Waals surface area contributed by atoms with Gasteiger partial charge >= 0.3 is 21.1 Å². The fourth-order valence-corrected chi connectivity index (χ4v) is 4.80. The molecule has 0 saturated heterocycles. The molecule has 4 nitrogen and oxygen atoms in total. The molecule has 0 bridgehead atoms. The Morgan fingerprint density at radius 3 is 1.65 bits per heavy atom. The Morgan fingerprint density at radius 2 is 1.19 bits per heavy atom. The van der Waals surface area contributed by atoms with Gasteiger partial charge in [-0.1, -0.05) is 63.2 Å². The maximum absolute atomic E-state index is 7.75. The third-order valence-electron chi connectivity index (χ3n) is 6.50. The van der Waals surface area contributed by atoms with Crippen LogP contribution >= 0.6 is 0 Å². The van der Waals surface area contributed by atoms with Crippen LogP contribution in [0.4, 0.5) is 0 Å². The van der Waals surface area contributed by atoms with Gasteiger partial charge in [0.2, 0.25) is 0 Å². The maximum Gasteiger partial charge on any atom is 3.00 e. The minimum absolute atomic E-state index is 0. The van der Waals surface area contributed by atoms with Crippen LogP contribution in [0.5, 0.6) is 0 Å². The fraction of sp³-hybridized carbons (Fsp3) is 0.654. The third-order valence-corrected chi connectivity index (χ3v) is 6.50. The first kappa shape index (κ1) is 29.8. The SMILES string of the molecule is C(C=NC1CCCCC1)=NC1CCCCC1.C[C-]1CCC2C=CC=C[C@@H]12.[CH-]=O.[CH-]=O.[Mo+3]. The van der Waals surface area contributed by atoms with Crippen molar-refractivity contribution in [2.24, 2.45) is 21.8 Å². The quantitative estimate of drug-likeness (QED) is 0.204. The number of fused-ring (bicyclic) bond motifs is 1. The van der Waals surface area contributed by atoms with Crippen molar-refractivity contribution in [3.05, 3.63) is 30.2 Å². The van der Waals surface area contributed by atoms with E-state index >= 15 is 0 Å². The number of hydrogen-bond acceptors (Lipinski definition) is 4. The predicted molar refractivity (Wildman–Crippen MR) is 128 cm³/mol. The first-order valence-corrected chi connectivity index (χ1v) is 11.5. The number of nitrogens with zero attached hydrogens (tertiary/aromatic N) is 2. The van der Waals surface area contributed by atoms with E-state index in [0.717, 1.165) is 11.8 Å². The largest absolute Gasteiger partial charge is 3.00 e. The maximum atomic E-state index is 7.75. The van der Waals surface area contributed by atoms with Gasteiger partial charge in [-0.25, -0.2) is 0 Å². The van der Waals surface area contributed by atoms with Gasteiger partial charge in [0.25, 0.3) is 0 Å². The molecule has 5 heteroatoms. The second-order valence-electron chi connectivity index (χ2n) is 8.52. The number of aliphatic imine (C=N–C) groups is 2. The standard InChI is InChI=1S/C14H24N2.C10H13.2CHO.Mo/c1-3-7-13(8-4-1)15-11-12-16-14-9-5-2-6-10-14;1-8-6-7-9-4-2-3-5-10(8)9;2*1-2;/h11-14H,1-10H2;2-5,9-10H,6-7H2,1H3;2*1H;/q;3*-1;+3/t;9?,10-;;;/m.0.../s1. The van der Waals surface area contributed by atoms with Gasteiger partial charge in [0.05, 0.1) is 0 Å². The topological polar surface area (TPSA) is 58.9 Å². The summed E-state index contributed by atoms with van der Waals surface area (Å²) < 4.78 is 0. The van der Waals surface area contributed by atoms with Crippen molar-refractivity contribution in [3.63, 3.8) is 0 Å². The van der Waals surface area contributed by atoms with Gasteiger partial charge in [-0.15, -0.1) is 12.0 Å². The molecule has 1 radical (unpaired) electrons. The van der Waals surface area contributed by atoms with Gasteiger partial charge in [-0.2, -0.15) is 13.3 Å². The second kappa shape index (κ2) is 19.5. The monoisotopic (exact) mass is 509 g/mol. The fourth-order valence-electron chi connectivity index (χ4n) is 4.80. The molecule has 0 aromatic carbocycles. The molecule has 1 unspecified atom stereocenters. The van der Waals surface area contributed by atoms with Crippen molar-refractivity contribution < 1.29 is 30.7 Å². The van der Waals surface area contributed by atoms with Crippen molar-refractivity contribution >= 4 is 26.0 Å². The normalized spacial score (nSPS) is 26.0. The second-order valence-corrected chi connectivity index (χ2v) is 8.52. The Hall–Kier alpha value is -1.15. The molecule has 4 aliphatic rings. The van der Waals surface area contributed by atoms with Crippen molar-refractivity contribution in [2.45, 2.75) is 96.1 Å². The molecule has 3 saturated carbocycles. The zero-order valence-corrected chi connectivity index (χ0v) is 21.0. The summed E-state index contributed by atoms with van der Waals surface area (Å²) in [6.45, 7) is 8.79. The zero-order valence-electron chi connectivity index (χ0n) is 19.0. The summed E-state index contributed by atoms with van der Waals surface area (Å²) >= 11 is 0. The molecular formula is C26H39MoN2O2. The van der Waals surface area contributed by atoms with Crippen LogP contribution < -0.4 is 0 Å². The van der Waals surface area contributed by atoms with Crippen LogP contribution in [-0.4, -0.2) is 38.1 Å². The van der Waals surface area contributed by atoms with E-state index in [9.17, 15) is 0 Å². The van der Waals surface area contributed by atoms with E-state index in [2.05, 4.69) is 54.8 Å². The van der Waals surface area contributed by atoms with Crippen molar-refractivity contribution in [3.8, 4) is 0 Å². The summed E-state index contributed by atoms with van der Waals surface area (Å²) in [6, 6.07) is 1.18. The summed E-state index contributed by atoms with van der Waals surface area (Å²) in [7, 11) is 0. The molecule has 0 heterocycles. The molecule has 2 atom stereocenters. The first-order valence-electron chi connectivity index (χ1n) is 11.5. The van der Waals surface area contributed by atoms with Gasteiger partial charge in [-0.05, 0) is 31.6 Å². The van der Waals surface area contributed by atoms with Crippen LogP contribution in [0.1, 0.15) is 84.0 Å². The van der Waals surface area contributed by atoms with Crippen molar-refractivity contribution in [2.75, 3.05) is 0 Å². The molecule has 0 aromatic rings. The summed E-state index contributed by atoms with van der Waals surface area (Å²) in [4.78, 5) is 24.7. The molecule has 31 heavy (non-hydrogen) atoms. The predicted octanol–water partition coefficient (Wildman–Crippen LogP) is 5.98. The number of rotatable bonds is 3. The van der Waals surface area contributed by atoms with Gasteiger partial charge in [0.1, 0.15) is 0 Å². The van der Waals surface area contributed by atoms with Gasteiger partial charge in [0.15, 0.2) is 0 Å². The van der Waals surface area contributed by atoms with Gasteiger partial charge < -0.3 is 15.5 Å². The molecule has 0 spiro atoms. The smallest absolute Gasteiger partial charge is 0.545 e. The van der Waals surface area contributed by atoms with Crippen LogP contribution in [0.2, 0.25) is 0 Å². The Bertz CT molecular complexity index is 522. The van der Waals surface area contributed by atoms with Crippen LogP contribution in [0.25, 0.3) is 0 Å². The van der Waals surface area contributed by atoms with Crippen molar-refractivity contribution in [1.29, 1.82) is 0 Å². The van der Waals surface area contributed by atoms with E-state index in [1.54, 1.807) is 5.92 Å². The summed E-state index contributed by atoms with van der Waals surface area (Å²) in [5, 5.41) is 0. The third kappa shape index (κ3) is 11.9. The Kier molecular flexibility index (Phi) is 18.8. The Balaban J connectivity index is 0.000000518. The molecule has 0 N–H and O–H groups in total. The molecule has 0 aromatic heterocycles. The molecule has 3 fully saturated rings. The average Bonchev–Trinajstić information content (AvgIpc) is 3.22. The number of hydrogen-bond donors (Lipinski definition) is 0. The molecule has 4 rings (SSSR count). The summed E-state index contributed by atoms with van der Waals surface area (Å²) in [6.07, 6.45) is 29.1. The minimum Gasteiger partial charge on any atom is -0.545 e. The van der Waals surface area contributed by atoms with Crippen LogP contribution in [-0.2, 0) is 30.7 Å². The van der Waals surface area contributed by atoms with E-state index < -0.39 is 0 Å². The van der Waals surface area contributed by atoms with E-state index in [0.29, 0.717) is 12.1 Å². The summed E-state index contributed by atoms with van der Waals surface area (Å²) in [5.41, 5.74) is 0.